The van der Waals surface area contributed by atoms with E-state index < -0.39 is 5.82 Å². The third-order valence-electron chi connectivity index (χ3n) is 2.98. The highest BCUT2D eigenvalue weighted by Crippen LogP contribution is 2.21. The van der Waals surface area contributed by atoms with Crippen molar-refractivity contribution in [3.05, 3.63) is 28.5 Å². The Bertz CT molecular complexity index is 433. The van der Waals surface area contributed by atoms with Gasteiger partial charge in [-0.05, 0) is 40.9 Å². The third kappa shape index (κ3) is 3.70. The van der Waals surface area contributed by atoms with Crippen LogP contribution < -0.4 is 10.1 Å². The minimum Gasteiger partial charge on any atom is -0.484 e. The first-order valence-electron chi connectivity index (χ1n) is 6.02. The second-order valence-corrected chi connectivity index (χ2v) is 5.27. The second-order valence-electron chi connectivity index (χ2n) is 4.41. The molecule has 0 unspecified atom stereocenters. The average Bonchev–Trinajstić information content (AvgIpc) is 2.83. The Labute approximate surface area is 114 Å². The van der Waals surface area contributed by atoms with Crippen LogP contribution in [0.15, 0.2) is 22.7 Å². The summed E-state index contributed by atoms with van der Waals surface area (Å²) in [4.78, 5) is 11.6. The van der Waals surface area contributed by atoms with Gasteiger partial charge in [0.2, 0.25) is 0 Å². The highest BCUT2D eigenvalue weighted by molar-refractivity contribution is 9.10. The molecule has 0 aromatic heterocycles. The van der Waals surface area contributed by atoms with E-state index in [4.69, 9.17) is 4.74 Å². The summed E-state index contributed by atoms with van der Waals surface area (Å²) >= 11 is 3.06. The Morgan fingerprint density at radius 1 is 1.44 bits per heavy atom. The van der Waals surface area contributed by atoms with Gasteiger partial charge in [0.1, 0.15) is 11.6 Å². The molecule has 98 valence electrons. The van der Waals surface area contributed by atoms with E-state index in [1.807, 2.05) is 0 Å². The molecule has 1 aliphatic carbocycles. The van der Waals surface area contributed by atoms with Crippen molar-refractivity contribution in [2.45, 2.75) is 31.7 Å². The molecule has 2 rings (SSSR count). The van der Waals surface area contributed by atoms with Crippen LogP contribution in [0.25, 0.3) is 0 Å². The van der Waals surface area contributed by atoms with Gasteiger partial charge in [-0.3, -0.25) is 4.79 Å². The molecule has 18 heavy (non-hydrogen) atoms. The fourth-order valence-electron chi connectivity index (χ4n) is 2.06. The van der Waals surface area contributed by atoms with Gasteiger partial charge in [0.15, 0.2) is 6.61 Å². The molecule has 0 atom stereocenters. The molecule has 1 fully saturated rings. The quantitative estimate of drug-likeness (QED) is 0.927. The average molecular weight is 316 g/mol. The van der Waals surface area contributed by atoms with Gasteiger partial charge in [-0.15, -0.1) is 0 Å². The summed E-state index contributed by atoms with van der Waals surface area (Å²) in [7, 11) is 0. The zero-order chi connectivity index (χ0) is 13.0. The number of rotatable bonds is 4. The molecule has 0 spiro atoms. The zero-order valence-electron chi connectivity index (χ0n) is 9.92. The maximum absolute atomic E-state index is 13.2. The predicted molar refractivity (Wildman–Crippen MR) is 70.0 cm³/mol. The summed E-state index contributed by atoms with van der Waals surface area (Å²) in [5.41, 5.74) is 0. The number of carbonyl (C=O) groups excluding carboxylic acids is 1. The van der Waals surface area contributed by atoms with Gasteiger partial charge in [0.25, 0.3) is 5.91 Å². The van der Waals surface area contributed by atoms with Crippen LogP contribution >= 0.6 is 15.9 Å². The molecule has 1 aromatic rings. The monoisotopic (exact) mass is 315 g/mol. The van der Waals surface area contributed by atoms with Crippen LogP contribution in [0.5, 0.6) is 5.75 Å². The molecule has 1 N–H and O–H groups in total. The van der Waals surface area contributed by atoms with Gasteiger partial charge in [-0.2, -0.15) is 0 Å². The van der Waals surface area contributed by atoms with Crippen LogP contribution in [-0.2, 0) is 4.79 Å². The number of hydrogen-bond donors (Lipinski definition) is 1. The number of amides is 1. The lowest BCUT2D eigenvalue weighted by atomic mass is 10.2. The van der Waals surface area contributed by atoms with Crippen LogP contribution in [0, 0.1) is 5.82 Å². The zero-order valence-corrected chi connectivity index (χ0v) is 11.5. The van der Waals surface area contributed by atoms with E-state index in [9.17, 15) is 9.18 Å². The van der Waals surface area contributed by atoms with Crippen molar-refractivity contribution in [1.82, 2.24) is 5.32 Å². The van der Waals surface area contributed by atoms with E-state index in [1.165, 1.54) is 18.9 Å². The summed E-state index contributed by atoms with van der Waals surface area (Å²) in [6, 6.07) is 4.71. The van der Waals surface area contributed by atoms with Crippen molar-refractivity contribution in [3.63, 3.8) is 0 Å². The summed E-state index contributed by atoms with van der Waals surface area (Å²) < 4.78 is 18.8. The smallest absolute Gasteiger partial charge is 0.258 e. The van der Waals surface area contributed by atoms with Gasteiger partial charge >= 0.3 is 0 Å². The Morgan fingerprint density at radius 2 is 2.17 bits per heavy atom. The Hall–Kier alpha value is -1.10. The van der Waals surface area contributed by atoms with Crippen molar-refractivity contribution >= 4 is 21.8 Å². The summed E-state index contributed by atoms with van der Waals surface area (Å²) in [5, 5.41) is 2.91. The Kier molecular flexibility index (Phi) is 4.58. The molecule has 1 saturated carbocycles. The van der Waals surface area contributed by atoms with Gasteiger partial charge in [-0.1, -0.05) is 12.8 Å². The van der Waals surface area contributed by atoms with Crippen LogP contribution in [0.3, 0.4) is 0 Å². The number of nitrogens with one attached hydrogen (secondary N) is 1. The van der Waals surface area contributed by atoms with E-state index in [-0.39, 0.29) is 18.6 Å². The van der Waals surface area contributed by atoms with E-state index in [0.717, 1.165) is 12.8 Å². The van der Waals surface area contributed by atoms with Crippen LogP contribution in [0.1, 0.15) is 25.7 Å². The SMILES string of the molecule is O=C(COc1ccc(Br)c(F)c1)NC1CCCC1. The number of halogens is 2. The normalized spacial score (nSPS) is 15.7. The molecule has 1 aliphatic rings. The third-order valence-corrected chi connectivity index (χ3v) is 3.62. The lowest BCUT2D eigenvalue weighted by Gasteiger charge is -2.12. The molecule has 1 aromatic carbocycles. The number of carbonyl (C=O) groups is 1. The molecule has 3 nitrogen and oxygen atoms in total. The van der Waals surface area contributed by atoms with Gasteiger partial charge in [-0.25, -0.2) is 4.39 Å². The fraction of sp³-hybridized carbons (Fsp3) is 0.462. The highest BCUT2D eigenvalue weighted by atomic mass is 79.9. The topological polar surface area (TPSA) is 38.3 Å². The summed E-state index contributed by atoms with van der Waals surface area (Å²) in [6.45, 7) is -0.0719. The molecule has 0 aliphatic heterocycles. The van der Waals surface area contributed by atoms with E-state index >= 15 is 0 Å². The van der Waals surface area contributed by atoms with Gasteiger partial charge < -0.3 is 10.1 Å². The molecular weight excluding hydrogens is 301 g/mol. The lowest BCUT2D eigenvalue weighted by Crippen LogP contribution is -2.36. The summed E-state index contributed by atoms with van der Waals surface area (Å²) in [6.07, 6.45) is 4.42. The molecule has 0 saturated heterocycles. The van der Waals surface area contributed by atoms with Crippen molar-refractivity contribution in [2.24, 2.45) is 0 Å². The van der Waals surface area contributed by atoms with Crippen molar-refractivity contribution in [3.8, 4) is 5.75 Å². The Balaban J connectivity index is 1.79. The molecule has 0 radical (unpaired) electrons. The largest absolute Gasteiger partial charge is 0.484 e. The maximum atomic E-state index is 13.2. The highest BCUT2D eigenvalue weighted by Gasteiger charge is 2.17. The second kappa shape index (κ2) is 6.18. The molecule has 0 bridgehead atoms. The van der Waals surface area contributed by atoms with Crippen LogP contribution in [0.4, 0.5) is 4.39 Å². The Morgan fingerprint density at radius 3 is 2.83 bits per heavy atom. The molecule has 1 amide bonds. The minimum atomic E-state index is -0.399. The first-order valence-corrected chi connectivity index (χ1v) is 6.81. The first kappa shape index (κ1) is 13.3. The van der Waals surface area contributed by atoms with Gasteiger partial charge in [0.05, 0.1) is 4.47 Å². The van der Waals surface area contributed by atoms with Crippen molar-refractivity contribution < 1.29 is 13.9 Å². The fourth-order valence-corrected chi connectivity index (χ4v) is 2.30. The maximum Gasteiger partial charge on any atom is 0.258 e. The van der Waals surface area contributed by atoms with Crippen LogP contribution in [0.2, 0.25) is 0 Å². The van der Waals surface area contributed by atoms with Gasteiger partial charge in [0, 0.05) is 12.1 Å². The standard InChI is InChI=1S/C13H15BrFNO2/c14-11-6-5-10(7-12(11)15)18-8-13(17)16-9-3-1-2-4-9/h5-7,9H,1-4,8H2,(H,16,17). The predicted octanol–water partition coefficient (Wildman–Crippen LogP) is 3.03. The number of benzene rings is 1. The lowest BCUT2D eigenvalue weighted by molar-refractivity contribution is -0.123. The van der Waals surface area contributed by atoms with E-state index in [0.29, 0.717) is 10.2 Å². The minimum absolute atomic E-state index is 0.0719. The molecule has 0 heterocycles. The van der Waals surface area contributed by atoms with Crippen LogP contribution in [-0.4, -0.2) is 18.6 Å². The number of ether oxygens (including phenoxy) is 1. The summed E-state index contributed by atoms with van der Waals surface area (Å²) in [5.74, 6) is -0.189. The van der Waals surface area contributed by atoms with Crippen molar-refractivity contribution in [1.29, 1.82) is 0 Å². The molecular formula is C13H15BrFNO2. The van der Waals surface area contributed by atoms with Crippen molar-refractivity contribution in [2.75, 3.05) is 6.61 Å². The first-order chi connectivity index (χ1) is 8.65. The number of hydrogen-bond acceptors (Lipinski definition) is 2. The molecule has 5 heteroatoms. The van der Waals surface area contributed by atoms with E-state index in [2.05, 4.69) is 21.2 Å². The van der Waals surface area contributed by atoms with E-state index in [1.54, 1.807) is 12.1 Å².